The summed E-state index contributed by atoms with van der Waals surface area (Å²) in [5.74, 6) is 0.878. The fraction of sp³-hybridized carbons (Fsp3) is 0.154. The van der Waals surface area contributed by atoms with Crippen LogP contribution >= 0.6 is 15.9 Å². The molecule has 0 spiro atoms. The Kier molecular flexibility index (Phi) is 4.46. The van der Waals surface area contributed by atoms with Gasteiger partial charge < -0.3 is 10.1 Å². The van der Waals surface area contributed by atoms with Gasteiger partial charge in [0.05, 0.1) is 6.20 Å². The summed E-state index contributed by atoms with van der Waals surface area (Å²) in [7, 11) is 1.72. The normalized spacial score (nSPS) is 10.0. The van der Waals surface area contributed by atoms with Gasteiger partial charge in [0.1, 0.15) is 0 Å². The van der Waals surface area contributed by atoms with Gasteiger partial charge in [-0.05, 0) is 15.9 Å². The molecule has 0 aliphatic rings. The fourth-order valence-electron chi connectivity index (χ4n) is 1.48. The van der Waals surface area contributed by atoms with Crippen LogP contribution in [-0.2, 0) is 0 Å². The number of ether oxygens (including phenoxy) is 1. The standard InChI is InChI=1S/C13H12BrN3O2/c1-15-12-11(7-16-13(14)17-12)19-8-10(18)9-5-3-2-4-6-9/h2-7H,8H2,1H3,(H,15,16,17). The topological polar surface area (TPSA) is 64.1 Å². The molecule has 19 heavy (non-hydrogen) atoms. The first-order chi connectivity index (χ1) is 9.20. The first-order valence-electron chi connectivity index (χ1n) is 5.62. The van der Waals surface area contributed by atoms with Gasteiger partial charge >= 0.3 is 0 Å². The number of ketones is 1. The van der Waals surface area contributed by atoms with Crippen molar-refractivity contribution >= 4 is 27.5 Å². The van der Waals surface area contributed by atoms with E-state index in [1.54, 1.807) is 19.2 Å². The van der Waals surface area contributed by atoms with Gasteiger partial charge in [0.25, 0.3) is 0 Å². The van der Waals surface area contributed by atoms with Crippen LogP contribution in [0.3, 0.4) is 0 Å². The van der Waals surface area contributed by atoms with Crippen LogP contribution in [0.1, 0.15) is 10.4 Å². The van der Waals surface area contributed by atoms with E-state index in [2.05, 4.69) is 31.2 Å². The number of nitrogens with zero attached hydrogens (tertiary/aromatic N) is 2. The summed E-state index contributed by atoms with van der Waals surface area (Å²) in [6, 6.07) is 8.99. The molecule has 1 aromatic carbocycles. The highest BCUT2D eigenvalue weighted by molar-refractivity contribution is 9.10. The summed E-state index contributed by atoms with van der Waals surface area (Å²) < 4.78 is 5.90. The first-order valence-corrected chi connectivity index (χ1v) is 6.41. The lowest BCUT2D eigenvalue weighted by Crippen LogP contribution is -2.12. The van der Waals surface area contributed by atoms with E-state index in [9.17, 15) is 4.79 Å². The van der Waals surface area contributed by atoms with E-state index in [1.165, 1.54) is 6.20 Å². The van der Waals surface area contributed by atoms with Crippen LogP contribution in [0.25, 0.3) is 0 Å². The lowest BCUT2D eigenvalue weighted by atomic mass is 10.1. The van der Waals surface area contributed by atoms with Crippen molar-refractivity contribution in [1.82, 2.24) is 9.97 Å². The first kappa shape index (κ1) is 13.5. The van der Waals surface area contributed by atoms with Crippen molar-refractivity contribution in [2.24, 2.45) is 0 Å². The van der Waals surface area contributed by atoms with E-state index in [0.717, 1.165) is 0 Å². The Labute approximate surface area is 119 Å². The number of rotatable bonds is 5. The number of carbonyl (C=O) groups is 1. The molecular formula is C13H12BrN3O2. The molecule has 0 aliphatic carbocycles. The van der Waals surface area contributed by atoms with Crippen molar-refractivity contribution in [2.45, 2.75) is 0 Å². The van der Waals surface area contributed by atoms with Gasteiger partial charge in [-0.25, -0.2) is 9.97 Å². The molecule has 1 N–H and O–H groups in total. The Hall–Kier alpha value is -1.95. The molecule has 0 aliphatic heterocycles. The Bertz CT molecular complexity index is 575. The van der Waals surface area contributed by atoms with Gasteiger partial charge in [-0.1, -0.05) is 30.3 Å². The molecule has 0 unspecified atom stereocenters. The Morgan fingerprint density at radius 3 is 2.79 bits per heavy atom. The number of hydrogen-bond donors (Lipinski definition) is 1. The zero-order valence-electron chi connectivity index (χ0n) is 10.3. The zero-order chi connectivity index (χ0) is 13.7. The zero-order valence-corrected chi connectivity index (χ0v) is 11.8. The number of benzene rings is 1. The highest BCUT2D eigenvalue weighted by atomic mass is 79.9. The third-order valence-corrected chi connectivity index (χ3v) is 2.80. The molecule has 0 bridgehead atoms. The lowest BCUT2D eigenvalue weighted by Gasteiger charge is -2.09. The van der Waals surface area contributed by atoms with Crippen LogP contribution in [0.2, 0.25) is 0 Å². The van der Waals surface area contributed by atoms with E-state index in [0.29, 0.717) is 21.9 Å². The minimum absolute atomic E-state index is 0.0519. The van der Waals surface area contributed by atoms with Gasteiger partial charge in [-0.2, -0.15) is 0 Å². The van der Waals surface area contributed by atoms with Crippen molar-refractivity contribution in [3.8, 4) is 5.75 Å². The highest BCUT2D eigenvalue weighted by Gasteiger charge is 2.10. The van der Waals surface area contributed by atoms with Crippen LogP contribution in [0.5, 0.6) is 5.75 Å². The van der Waals surface area contributed by atoms with Gasteiger partial charge in [0, 0.05) is 12.6 Å². The van der Waals surface area contributed by atoms with Crippen molar-refractivity contribution in [3.05, 3.63) is 46.8 Å². The summed E-state index contributed by atoms with van der Waals surface area (Å²) in [6.45, 7) is -0.0519. The number of aromatic nitrogens is 2. The lowest BCUT2D eigenvalue weighted by molar-refractivity contribution is 0.0921. The Morgan fingerprint density at radius 2 is 2.11 bits per heavy atom. The summed E-state index contributed by atoms with van der Waals surface area (Å²) in [5, 5.41) is 2.88. The average molecular weight is 322 g/mol. The second-order valence-corrected chi connectivity index (χ2v) is 4.39. The van der Waals surface area contributed by atoms with E-state index >= 15 is 0 Å². The Balaban J connectivity index is 2.05. The van der Waals surface area contributed by atoms with Gasteiger partial charge in [-0.15, -0.1) is 0 Å². The number of anilines is 1. The summed E-state index contributed by atoms with van der Waals surface area (Å²) in [6.07, 6.45) is 1.52. The predicted molar refractivity (Wildman–Crippen MR) is 75.5 cm³/mol. The molecule has 0 atom stereocenters. The molecule has 1 heterocycles. The summed E-state index contributed by atoms with van der Waals surface area (Å²) in [5.41, 5.74) is 0.617. The maximum atomic E-state index is 11.9. The van der Waals surface area contributed by atoms with E-state index in [4.69, 9.17) is 4.74 Å². The molecule has 0 radical (unpaired) electrons. The predicted octanol–water partition coefficient (Wildman–Crippen LogP) is 2.54. The number of Topliss-reactive ketones (excluding diaryl/α,β-unsaturated/α-hetero) is 1. The molecule has 1 aromatic heterocycles. The van der Waals surface area contributed by atoms with Gasteiger partial charge in [-0.3, -0.25) is 4.79 Å². The third-order valence-electron chi connectivity index (χ3n) is 2.42. The van der Waals surface area contributed by atoms with Crippen LogP contribution in [0, 0.1) is 0 Å². The fourth-order valence-corrected chi connectivity index (χ4v) is 1.76. The molecule has 0 saturated carbocycles. The third kappa shape index (κ3) is 3.51. The van der Waals surface area contributed by atoms with Crippen LogP contribution < -0.4 is 10.1 Å². The second kappa shape index (κ2) is 6.29. The highest BCUT2D eigenvalue weighted by Crippen LogP contribution is 2.22. The quantitative estimate of drug-likeness (QED) is 0.677. The van der Waals surface area contributed by atoms with E-state index in [-0.39, 0.29) is 12.4 Å². The molecule has 6 heteroatoms. The van der Waals surface area contributed by atoms with E-state index in [1.807, 2.05) is 18.2 Å². The molecule has 5 nitrogen and oxygen atoms in total. The Morgan fingerprint density at radius 1 is 1.37 bits per heavy atom. The van der Waals surface area contributed by atoms with Crippen LogP contribution in [0.4, 0.5) is 5.82 Å². The van der Waals surface area contributed by atoms with E-state index < -0.39 is 0 Å². The number of carbonyl (C=O) groups excluding carboxylic acids is 1. The van der Waals surface area contributed by atoms with Gasteiger partial charge in [0.2, 0.25) is 0 Å². The minimum atomic E-state index is -0.0921. The number of nitrogens with one attached hydrogen (secondary N) is 1. The number of hydrogen-bond acceptors (Lipinski definition) is 5. The molecule has 0 amide bonds. The molecule has 0 saturated heterocycles. The minimum Gasteiger partial charge on any atom is -0.480 e. The van der Waals surface area contributed by atoms with Crippen molar-refractivity contribution in [3.63, 3.8) is 0 Å². The maximum absolute atomic E-state index is 11.9. The molecule has 0 fully saturated rings. The van der Waals surface area contributed by atoms with Crippen LogP contribution in [-0.4, -0.2) is 29.4 Å². The second-order valence-electron chi connectivity index (χ2n) is 3.68. The molecule has 2 rings (SSSR count). The number of halogens is 1. The van der Waals surface area contributed by atoms with Gasteiger partial charge in [0.15, 0.2) is 28.7 Å². The van der Waals surface area contributed by atoms with Crippen molar-refractivity contribution in [2.75, 3.05) is 19.0 Å². The smallest absolute Gasteiger partial charge is 0.200 e. The van der Waals surface area contributed by atoms with Crippen molar-refractivity contribution < 1.29 is 9.53 Å². The monoisotopic (exact) mass is 321 g/mol. The van der Waals surface area contributed by atoms with Crippen molar-refractivity contribution in [1.29, 1.82) is 0 Å². The summed E-state index contributed by atoms with van der Waals surface area (Å²) >= 11 is 3.17. The molecule has 98 valence electrons. The summed E-state index contributed by atoms with van der Waals surface area (Å²) in [4.78, 5) is 20.0. The van der Waals surface area contributed by atoms with Crippen LogP contribution in [0.15, 0.2) is 41.3 Å². The largest absolute Gasteiger partial charge is 0.480 e. The SMILES string of the molecule is CNc1nc(Br)ncc1OCC(=O)c1ccccc1. The average Bonchev–Trinajstić information content (AvgIpc) is 2.46. The molecule has 2 aromatic rings. The maximum Gasteiger partial charge on any atom is 0.200 e. The molecular weight excluding hydrogens is 310 g/mol.